The van der Waals surface area contributed by atoms with Gasteiger partial charge in [0.05, 0.1) is 13.3 Å². The van der Waals surface area contributed by atoms with Crippen LogP contribution in [0.2, 0.25) is 0 Å². The van der Waals surface area contributed by atoms with Crippen LogP contribution in [-0.4, -0.2) is 45.7 Å². The van der Waals surface area contributed by atoms with Gasteiger partial charge in [0.1, 0.15) is 18.4 Å². The fraction of sp³-hybridized carbons (Fsp3) is 0.294. The number of anilines is 1. The quantitative estimate of drug-likeness (QED) is 0.579. The number of hydrogen-bond donors (Lipinski definition) is 0. The Balaban J connectivity index is 2.09. The Morgan fingerprint density at radius 1 is 1.29 bits per heavy atom. The zero-order valence-corrected chi connectivity index (χ0v) is 15.8. The van der Waals surface area contributed by atoms with Crippen molar-refractivity contribution >= 4 is 23.2 Å². The second kappa shape index (κ2) is 7.93. The van der Waals surface area contributed by atoms with Crippen LogP contribution >= 0.6 is 11.8 Å². The molecule has 2 heterocycles. The Bertz CT molecular complexity index is 1010. The minimum absolute atomic E-state index is 0.00833. The van der Waals surface area contributed by atoms with Crippen molar-refractivity contribution in [2.24, 2.45) is 0 Å². The fourth-order valence-corrected chi connectivity index (χ4v) is 2.94. The molecule has 0 fully saturated rings. The number of nitrogens with zero attached hydrogens (tertiary/aromatic N) is 6. The first-order valence-electron chi connectivity index (χ1n) is 7.99. The van der Waals surface area contributed by atoms with Crippen LogP contribution in [0, 0.1) is 11.3 Å². The van der Waals surface area contributed by atoms with Crippen molar-refractivity contribution in [1.82, 2.24) is 19.6 Å². The molecule has 2 aromatic heterocycles. The lowest BCUT2D eigenvalue weighted by molar-refractivity contribution is -0.120. The van der Waals surface area contributed by atoms with Crippen molar-refractivity contribution in [1.29, 1.82) is 5.26 Å². The summed E-state index contributed by atoms with van der Waals surface area (Å²) in [5.74, 6) is 0.612. The number of benzene rings is 1. The van der Waals surface area contributed by atoms with Crippen molar-refractivity contribution in [3.05, 3.63) is 41.7 Å². The van der Waals surface area contributed by atoms with Gasteiger partial charge in [0.2, 0.25) is 5.16 Å². The van der Waals surface area contributed by atoms with E-state index in [9.17, 15) is 18.4 Å². The summed E-state index contributed by atoms with van der Waals surface area (Å²) in [7, 11) is 1.51. The third kappa shape index (κ3) is 4.28. The second-order valence-corrected chi connectivity index (χ2v) is 6.51. The highest BCUT2D eigenvalue weighted by Crippen LogP contribution is 2.27. The molecule has 3 rings (SSSR count). The number of halogens is 3. The number of hydrogen-bond acceptors (Lipinski definition) is 7. The first-order valence-corrected chi connectivity index (χ1v) is 9.21. The maximum atomic E-state index is 13.3. The van der Waals surface area contributed by atoms with E-state index in [4.69, 9.17) is 4.74 Å². The summed E-state index contributed by atoms with van der Waals surface area (Å²) in [4.78, 5) is 9.38. The van der Waals surface area contributed by atoms with E-state index in [0.717, 1.165) is 16.7 Å². The van der Waals surface area contributed by atoms with Gasteiger partial charge in [0.25, 0.3) is 0 Å². The summed E-state index contributed by atoms with van der Waals surface area (Å²) in [6.45, 7) is -1.28. The van der Waals surface area contributed by atoms with Gasteiger partial charge in [-0.25, -0.2) is 4.98 Å². The monoisotopic (exact) mass is 408 g/mol. The summed E-state index contributed by atoms with van der Waals surface area (Å²) in [5.41, 5.74) is 0.844. The van der Waals surface area contributed by atoms with Gasteiger partial charge in [-0.05, 0) is 24.0 Å². The minimum Gasteiger partial charge on any atom is -0.497 e. The summed E-state index contributed by atoms with van der Waals surface area (Å²) >= 11 is 1.16. The molecule has 146 valence electrons. The third-order valence-corrected chi connectivity index (χ3v) is 4.36. The van der Waals surface area contributed by atoms with Gasteiger partial charge in [-0.1, -0.05) is 23.9 Å². The summed E-state index contributed by atoms with van der Waals surface area (Å²) in [6.07, 6.45) is -1.50. The molecule has 0 unspecified atom stereocenters. The van der Waals surface area contributed by atoms with Gasteiger partial charge in [0, 0.05) is 6.54 Å². The molecule has 28 heavy (non-hydrogen) atoms. The van der Waals surface area contributed by atoms with Crippen LogP contribution in [0.1, 0.15) is 11.3 Å². The fourth-order valence-electron chi connectivity index (χ4n) is 2.60. The smallest absolute Gasteiger partial charge is 0.405 e. The number of ether oxygens (including phenoxy) is 1. The van der Waals surface area contributed by atoms with Crippen molar-refractivity contribution in [3.8, 4) is 11.8 Å². The normalized spacial score (nSPS) is 11.4. The van der Waals surface area contributed by atoms with Crippen LogP contribution in [0.15, 0.2) is 35.6 Å². The largest absolute Gasteiger partial charge is 0.497 e. The minimum atomic E-state index is -4.46. The molecule has 0 spiro atoms. The molecule has 1 aromatic carbocycles. The summed E-state index contributed by atoms with van der Waals surface area (Å²) < 4.78 is 46.1. The van der Waals surface area contributed by atoms with Gasteiger partial charge in [-0.2, -0.15) is 27.9 Å². The van der Waals surface area contributed by atoms with Gasteiger partial charge >= 0.3 is 6.18 Å². The number of alkyl halides is 3. The maximum absolute atomic E-state index is 13.3. The number of imidazole rings is 1. The first-order chi connectivity index (χ1) is 13.3. The molecule has 0 saturated carbocycles. The average Bonchev–Trinajstić information content (AvgIpc) is 3.09. The Hall–Kier alpha value is -3.00. The molecule has 0 N–H and O–H groups in total. The standard InChI is InChI=1S/C17H15F3N6OS/c1-27-13-5-3-11(4-6-13)9-25(10-17(18,19)20)15-14-22-8-12(7-21)26(14)24-16(23-15)28-2/h3-6,8H,9-10H2,1-2H3. The Morgan fingerprint density at radius 3 is 2.57 bits per heavy atom. The van der Waals surface area contributed by atoms with Crippen molar-refractivity contribution in [2.45, 2.75) is 17.9 Å². The Labute approximate surface area is 162 Å². The number of rotatable bonds is 6. The molecular formula is C17H15F3N6OS. The van der Waals surface area contributed by atoms with E-state index in [1.807, 2.05) is 6.07 Å². The van der Waals surface area contributed by atoms with Crippen LogP contribution in [0.3, 0.4) is 0 Å². The Morgan fingerprint density at radius 2 is 2.00 bits per heavy atom. The lowest BCUT2D eigenvalue weighted by Gasteiger charge is -2.25. The van der Waals surface area contributed by atoms with Crippen molar-refractivity contribution < 1.29 is 17.9 Å². The molecule has 0 aliphatic heterocycles. The topological polar surface area (TPSA) is 79.3 Å². The van der Waals surface area contributed by atoms with E-state index >= 15 is 0 Å². The molecule has 0 bridgehead atoms. The molecule has 0 radical (unpaired) electrons. The number of nitriles is 1. The third-order valence-electron chi connectivity index (χ3n) is 3.82. The molecule has 0 saturated heterocycles. The molecule has 11 heteroatoms. The summed E-state index contributed by atoms with van der Waals surface area (Å²) in [5, 5.41) is 13.6. The second-order valence-electron chi connectivity index (χ2n) is 5.73. The van der Waals surface area contributed by atoms with E-state index in [0.29, 0.717) is 11.3 Å². The lowest BCUT2D eigenvalue weighted by atomic mass is 10.2. The lowest BCUT2D eigenvalue weighted by Crippen LogP contribution is -2.35. The zero-order valence-electron chi connectivity index (χ0n) is 14.9. The first kappa shape index (κ1) is 19.8. The molecule has 0 atom stereocenters. The van der Waals surface area contributed by atoms with Crippen LogP contribution in [0.4, 0.5) is 19.0 Å². The molecule has 0 aliphatic rings. The van der Waals surface area contributed by atoms with Crippen LogP contribution in [-0.2, 0) is 6.54 Å². The van der Waals surface area contributed by atoms with Gasteiger partial charge in [-0.3, -0.25) is 0 Å². The van der Waals surface area contributed by atoms with Crippen molar-refractivity contribution in [3.63, 3.8) is 0 Å². The van der Waals surface area contributed by atoms with Crippen LogP contribution < -0.4 is 9.64 Å². The van der Waals surface area contributed by atoms with E-state index in [-0.39, 0.29) is 28.9 Å². The molecule has 0 aliphatic carbocycles. The molecular weight excluding hydrogens is 393 g/mol. The van der Waals surface area contributed by atoms with Crippen LogP contribution in [0.25, 0.3) is 5.65 Å². The van der Waals surface area contributed by atoms with E-state index in [2.05, 4.69) is 15.1 Å². The molecule has 7 nitrogen and oxygen atoms in total. The maximum Gasteiger partial charge on any atom is 0.405 e. The van der Waals surface area contributed by atoms with Crippen molar-refractivity contribution in [2.75, 3.05) is 24.8 Å². The average molecular weight is 408 g/mol. The Kier molecular flexibility index (Phi) is 5.60. The predicted octanol–water partition coefficient (Wildman–Crippen LogP) is 3.30. The molecule has 3 aromatic rings. The highest BCUT2D eigenvalue weighted by atomic mass is 32.2. The summed E-state index contributed by atoms with van der Waals surface area (Å²) in [6, 6.07) is 8.64. The van der Waals surface area contributed by atoms with Gasteiger partial charge in [0.15, 0.2) is 17.2 Å². The number of thioether (sulfide) groups is 1. The zero-order chi connectivity index (χ0) is 20.3. The molecule has 0 amide bonds. The van der Waals surface area contributed by atoms with E-state index < -0.39 is 12.7 Å². The number of aromatic nitrogens is 4. The highest BCUT2D eigenvalue weighted by Gasteiger charge is 2.33. The SMILES string of the molecule is COc1ccc(CN(CC(F)(F)F)c2nc(SC)nn3c(C#N)cnc23)cc1. The van der Waals surface area contributed by atoms with Gasteiger partial charge < -0.3 is 9.64 Å². The van der Waals surface area contributed by atoms with Crippen LogP contribution in [0.5, 0.6) is 5.75 Å². The highest BCUT2D eigenvalue weighted by molar-refractivity contribution is 7.98. The van der Waals surface area contributed by atoms with E-state index in [1.165, 1.54) is 17.8 Å². The predicted molar refractivity (Wildman–Crippen MR) is 97.4 cm³/mol. The van der Waals surface area contributed by atoms with Gasteiger partial charge in [-0.15, -0.1) is 5.10 Å². The number of fused-ring (bicyclic) bond motifs is 1. The number of methoxy groups -OCH3 is 1. The van der Waals surface area contributed by atoms with E-state index in [1.54, 1.807) is 30.5 Å².